The fourth-order valence-corrected chi connectivity index (χ4v) is 6.15. The number of hydrogen-bond donors (Lipinski definition) is 1. The summed E-state index contributed by atoms with van der Waals surface area (Å²) in [5.74, 6) is 0.0313. The van der Waals surface area contributed by atoms with Crippen molar-refractivity contribution in [3.05, 3.63) is 23.8 Å². The molecule has 2 aliphatic rings. The first-order valence-electron chi connectivity index (χ1n) is 13.3. The monoisotopic (exact) mass is 484 g/mol. The van der Waals surface area contributed by atoms with Crippen LogP contribution in [0.5, 0.6) is 0 Å². The molecule has 2 aliphatic heterocycles. The van der Waals surface area contributed by atoms with Crippen molar-refractivity contribution in [1.29, 1.82) is 0 Å². The number of carbonyl (C=O) groups excluding carboxylic acids is 1. The van der Waals surface area contributed by atoms with Gasteiger partial charge in [-0.3, -0.25) is 4.79 Å². The summed E-state index contributed by atoms with van der Waals surface area (Å²) >= 11 is 0. The average Bonchev–Trinajstić information content (AvgIpc) is 2.88. The zero-order valence-corrected chi connectivity index (χ0v) is 23.2. The molecule has 0 spiro atoms. The van der Waals surface area contributed by atoms with Gasteiger partial charge in [0.05, 0.1) is 0 Å². The predicted molar refractivity (Wildman–Crippen MR) is 143 cm³/mol. The predicted octanol–water partition coefficient (Wildman–Crippen LogP) is 6.31. The first-order chi connectivity index (χ1) is 15.9. The maximum absolute atomic E-state index is 13.2. The van der Waals surface area contributed by atoms with Gasteiger partial charge in [0.2, 0.25) is 5.91 Å². The summed E-state index contributed by atoms with van der Waals surface area (Å²) in [6.07, 6.45) is 12.3. The zero-order valence-electron chi connectivity index (χ0n) is 22.4. The molecular formula is C27H52N2O3S. The Hall–Kier alpha value is -0.980. The van der Waals surface area contributed by atoms with Crippen LogP contribution in [0.1, 0.15) is 106 Å². The fourth-order valence-electron chi connectivity index (χ4n) is 4.43. The van der Waals surface area contributed by atoms with E-state index in [0.717, 1.165) is 38.8 Å². The van der Waals surface area contributed by atoms with E-state index < -0.39 is 21.6 Å². The highest BCUT2D eigenvalue weighted by atomic mass is 32.2. The van der Waals surface area contributed by atoms with E-state index >= 15 is 0 Å². The topological polar surface area (TPSA) is 72.6 Å². The van der Waals surface area contributed by atoms with Crippen LogP contribution in [-0.4, -0.2) is 45.5 Å². The van der Waals surface area contributed by atoms with Crippen LogP contribution in [-0.2, 0) is 20.5 Å². The smallest absolute Gasteiger partial charge is 0.237 e. The first kappa shape index (κ1) is 32.0. The number of primary amides is 1. The van der Waals surface area contributed by atoms with Crippen molar-refractivity contribution in [2.75, 3.05) is 26.3 Å². The Balaban J connectivity index is 0.00000242. The van der Waals surface area contributed by atoms with Crippen LogP contribution in [0, 0.1) is 5.92 Å². The molecule has 5 nitrogen and oxygen atoms in total. The van der Waals surface area contributed by atoms with E-state index in [1.807, 2.05) is 32.0 Å². The molecule has 0 aromatic rings. The molecule has 0 radical (unpaired) electrons. The first-order valence-corrected chi connectivity index (χ1v) is 14.4. The molecule has 2 saturated heterocycles. The molecule has 2 heterocycles. The summed E-state index contributed by atoms with van der Waals surface area (Å²) in [6, 6.07) is 0. The van der Waals surface area contributed by atoms with Crippen LogP contribution in [0.25, 0.3) is 0 Å². The van der Waals surface area contributed by atoms with Gasteiger partial charge in [-0.2, -0.15) is 0 Å². The van der Waals surface area contributed by atoms with Gasteiger partial charge in [-0.15, -0.1) is 0 Å². The Morgan fingerprint density at radius 2 is 1.67 bits per heavy atom. The lowest BCUT2D eigenvalue weighted by Crippen LogP contribution is -2.56. The summed E-state index contributed by atoms with van der Waals surface area (Å²) in [4.78, 5) is 12.1. The third kappa shape index (κ3) is 10.0. The van der Waals surface area contributed by atoms with Crippen molar-refractivity contribution >= 4 is 16.9 Å². The summed E-state index contributed by atoms with van der Waals surface area (Å²) in [6.45, 7) is 19.1. The number of unbranched alkanes of at least 4 members (excludes halogenated alkanes) is 2. The maximum atomic E-state index is 13.2. The second-order valence-corrected chi connectivity index (χ2v) is 10.3. The fraction of sp³-hybridized carbons (Fsp3) is 0.815. The quantitative estimate of drug-likeness (QED) is 0.276. The molecule has 1 amide bonds. The van der Waals surface area contributed by atoms with Crippen molar-refractivity contribution in [1.82, 2.24) is 4.31 Å². The number of nitrogens with zero attached hydrogens (tertiary/aromatic N) is 1. The third-order valence-corrected chi connectivity index (χ3v) is 8.74. The maximum Gasteiger partial charge on any atom is 0.237 e. The number of allylic oxidation sites excluding steroid dienone is 3. The summed E-state index contributed by atoms with van der Waals surface area (Å²) in [7, 11) is -1.39. The normalized spacial score (nSPS) is 20.0. The molecule has 0 aromatic heterocycles. The van der Waals surface area contributed by atoms with E-state index in [2.05, 4.69) is 26.5 Å². The van der Waals surface area contributed by atoms with Gasteiger partial charge in [0.15, 0.2) is 0 Å². The average molecular weight is 485 g/mol. The molecule has 1 unspecified atom stereocenters. The second kappa shape index (κ2) is 18.4. The number of carbonyl (C=O) groups is 1. The number of ether oxygens (including phenoxy) is 1. The number of rotatable bonds is 11. The van der Waals surface area contributed by atoms with Gasteiger partial charge in [-0.25, -0.2) is 8.51 Å². The van der Waals surface area contributed by atoms with Crippen molar-refractivity contribution in [3.8, 4) is 0 Å². The molecule has 0 aromatic carbocycles. The van der Waals surface area contributed by atoms with E-state index in [0.29, 0.717) is 32.0 Å². The van der Waals surface area contributed by atoms with Crippen molar-refractivity contribution < 1.29 is 13.7 Å². The van der Waals surface area contributed by atoms with Crippen LogP contribution in [0.4, 0.5) is 0 Å². The van der Waals surface area contributed by atoms with Crippen molar-refractivity contribution in [2.24, 2.45) is 11.7 Å². The summed E-state index contributed by atoms with van der Waals surface area (Å²) < 4.78 is 19.6. The molecular weight excluding hydrogens is 432 g/mol. The second-order valence-electron chi connectivity index (χ2n) is 8.49. The van der Waals surface area contributed by atoms with E-state index in [9.17, 15) is 9.00 Å². The highest BCUT2D eigenvalue weighted by Crippen LogP contribution is 2.34. The van der Waals surface area contributed by atoms with E-state index in [-0.39, 0.29) is 0 Å². The Morgan fingerprint density at radius 3 is 2.15 bits per heavy atom. The zero-order chi connectivity index (χ0) is 25.3. The van der Waals surface area contributed by atoms with Gasteiger partial charge >= 0.3 is 0 Å². The molecule has 0 bridgehead atoms. The lowest BCUT2D eigenvalue weighted by atomic mass is 9.87. The molecule has 6 heteroatoms. The number of hydrogen-bond acceptors (Lipinski definition) is 3. The number of piperidine rings is 1. The van der Waals surface area contributed by atoms with Crippen LogP contribution >= 0.6 is 0 Å². The van der Waals surface area contributed by atoms with Crippen LogP contribution < -0.4 is 5.73 Å². The van der Waals surface area contributed by atoms with Gasteiger partial charge in [0, 0.05) is 26.3 Å². The molecule has 0 aliphatic carbocycles. The van der Waals surface area contributed by atoms with Crippen LogP contribution in [0.2, 0.25) is 0 Å². The van der Waals surface area contributed by atoms with Crippen molar-refractivity contribution in [3.63, 3.8) is 0 Å². The largest absolute Gasteiger partial charge is 0.381 e. The van der Waals surface area contributed by atoms with Gasteiger partial charge < -0.3 is 10.5 Å². The molecule has 2 rings (SSSR count). The van der Waals surface area contributed by atoms with Gasteiger partial charge in [0.25, 0.3) is 0 Å². The SMILES string of the molecule is C=C(CC/C(=C\C)CCCCC)C1CCN(S(=O)C2(C(N)=O)CCOCC2)CC1.CC.CC. The summed E-state index contributed by atoms with van der Waals surface area (Å²) in [5.41, 5.74) is 8.54. The van der Waals surface area contributed by atoms with Crippen LogP contribution in [0.15, 0.2) is 23.8 Å². The Morgan fingerprint density at radius 1 is 1.09 bits per heavy atom. The Labute approximate surface area is 207 Å². The molecule has 194 valence electrons. The van der Waals surface area contributed by atoms with Gasteiger partial charge in [-0.1, -0.05) is 71.3 Å². The van der Waals surface area contributed by atoms with Gasteiger partial charge in [-0.05, 0) is 64.2 Å². The van der Waals surface area contributed by atoms with Crippen molar-refractivity contribution in [2.45, 2.75) is 110 Å². The number of nitrogens with two attached hydrogens (primary N) is 1. The minimum Gasteiger partial charge on any atom is -0.381 e. The highest BCUT2D eigenvalue weighted by Gasteiger charge is 2.47. The van der Waals surface area contributed by atoms with E-state index in [1.165, 1.54) is 31.3 Å². The number of amides is 1. The third-order valence-electron chi connectivity index (χ3n) is 6.63. The lowest BCUT2D eigenvalue weighted by Gasteiger charge is -2.40. The van der Waals surface area contributed by atoms with E-state index in [4.69, 9.17) is 10.5 Å². The molecule has 1 atom stereocenters. The van der Waals surface area contributed by atoms with Gasteiger partial charge in [0.1, 0.15) is 15.7 Å². The minimum absolute atomic E-state index is 0.450. The molecule has 33 heavy (non-hydrogen) atoms. The minimum atomic E-state index is -1.39. The Bertz CT molecular complexity index is 604. The van der Waals surface area contributed by atoms with Crippen LogP contribution in [0.3, 0.4) is 0 Å². The lowest BCUT2D eigenvalue weighted by molar-refractivity contribution is -0.122. The molecule has 2 fully saturated rings. The van der Waals surface area contributed by atoms with E-state index in [1.54, 1.807) is 5.57 Å². The standard InChI is InChI=1S/C23H40N2O3S.2C2H6/c1-4-6-7-8-20(5-2)10-9-19(3)21-11-15-25(16-12-21)29(27)23(22(24)26)13-17-28-18-14-23;2*1-2/h5,21H,3-4,6-18H2,1-2H3,(H2,24,26);2*1-2H3/b20-5-;;. The molecule has 0 saturated carbocycles. The molecule has 2 N–H and O–H groups in total. The highest BCUT2D eigenvalue weighted by molar-refractivity contribution is 7.85. The summed E-state index contributed by atoms with van der Waals surface area (Å²) in [5, 5.41) is 0. The Kier molecular flexibility index (Phi) is 17.8.